The maximum absolute atomic E-state index is 11.1. The van der Waals surface area contributed by atoms with Crippen LogP contribution in [0.1, 0.15) is 13.8 Å². The molecule has 5 heteroatoms. The third-order valence-corrected chi connectivity index (χ3v) is 2.41. The third kappa shape index (κ3) is 4.58. The normalized spacial score (nSPS) is 13.1. The van der Waals surface area contributed by atoms with Crippen molar-refractivity contribution in [3.05, 3.63) is 0 Å². The van der Waals surface area contributed by atoms with Crippen LogP contribution in [0.3, 0.4) is 0 Å². The summed E-state index contributed by atoms with van der Waals surface area (Å²) in [5, 5.41) is 0.183. The van der Waals surface area contributed by atoms with Gasteiger partial charge in [0.15, 0.2) is 0 Å². The molecule has 72 valence electrons. The van der Waals surface area contributed by atoms with Crippen molar-refractivity contribution in [1.82, 2.24) is 5.43 Å². The Bertz CT molecular complexity index is 141. The zero-order chi connectivity index (χ0) is 9.56. The molecular formula is C7H16N2O2S. The predicted octanol–water partition coefficient (Wildman–Crippen LogP) is 0.133. The monoisotopic (exact) mass is 192 g/mol. The fourth-order valence-corrected chi connectivity index (χ4v) is 1.81. The van der Waals surface area contributed by atoms with E-state index in [1.165, 1.54) is 11.8 Å². The fraction of sp³-hybridized carbons (Fsp3) is 0.857. The van der Waals surface area contributed by atoms with Crippen molar-refractivity contribution in [1.29, 1.82) is 0 Å². The number of nitrogens with one attached hydrogen (secondary N) is 1. The van der Waals surface area contributed by atoms with Gasteiger partial charge in [0.25, 0.3) is 0 Å². The van der Waals surface area contributed by atoms with E-state index in [9.17, 15) is 4.79 Å². The molecule has 0 heterocycles. The summed E-state index contributed by atoms with van der Waals surface area (Å²) in [7, 11) is 1.57. The summed E-state index contributed by atoms with van der Waals surface area (Å²) in [6, 6.07) is 0. The quantitative estimate of drug-likeness (QED) is 0.369. The number of nitrogens with two attached hydrogens (primary N) is 1. The lowest BCUT2D eigenvalue weighted by molar-refractivity contribution is -0.121. The molecule has 0 fully saturated rings. The van der Waals surface area contributed by atoms with Crippen LogP contribution in [-0.4, -0.2) is 30.1 Å². The lowest BCUT2D eigenvalue weighted by atomic mass is 10.4. The number of rotatable bonds is 5. The highest BCUT2D eigenvalue weighted by atomic mass is 32.2. The lowest BCUT2D eigenvalue weighted by Gasteiger charge is -2.15. The molecule has 1 atom stereocenters. The van der Waals surface area contributed by atoms with Gasteiger partial charge in [-0.1, -0.05) is 13.8 Å². The van der Waals surface area contributed by atoms with Crippen molar-refractivity contribution >= 4 is 17.7 Å². The van der Waals surface area contributed by atoms with Gasteiger partial charge < -0.3 is 4.74 Å². The van der Waals surface area contributed by atoms with Crippen LogP contribution >= 0.6 is 11.8 Å². The van der Waals surface area contributed by atoms with Crippen molar-refractivity contribution in [2.45, 2.75) is 24.3 Å². The van der Waals surface area contributed by atoms with Gasteiger partial charge in [0.1, 0.15) is 5.25 Å². The second-order valence-corrected chi connectivity index (χ2v) is 4.42. The number of carbonyl (C=O) groups excluding carboxylic acids is 1. The van der Waals surface area contributed by atoms with Crippen LogP contribution < -0.4 is 11.3 Å². The first kappa shape index (κ1) is 11.7. The van der Waals surface area contributed by atoms with Crippen LogP contribution in [0, 0.1) is 0 Å². The minimum Gasteiger partial charge on any atom is -0.383 e. The average molecular weight is 192 g/mol. The van der Waals surface area contributed by atoms with E-state index in [-0.39, 0.29) is 11.2 Å². The second kappa shape index (κ2) is 6.28. The van der Waals surface area contributed by atoms with Crippen molar-refractivity contribution in [2.24, 2.45) is 5.84 Å². The van der Waals surface area contributed by atoms with E-state index in [2.05, 4.69) is 5.43 Å². The molecule has 0 saturated carbocycles. The number of carbonyl (C=O) groups is 1. The van der Waals surface area contributed by atoms with Gasteiger partial charge in [-0.05, 0) is 5.25 Å². The van der Waals surface area contributed by atoms with Gasteiger partial charge in [0.05, 0.1) is 6.61 Å². The van der Waals surface area contributed by atoms with Crippen LogP contribution in [0.4, 0.5) is 0 Å². The summed E-state index contributed by atoms with van der Waals surface area (Å²) in [5.74, 6) is 4.83. The Labute approximate surface area is 77.2 Å². The number of hydrazine groups is 1. The number of ether oxygens (including phenoxy) is 1. The van der Waals surface area contributed by atoms with E-state index in [1.54, 1.807) is 7.11 Å². The molecule has 4 nitrogen and oxygen atoms in total. The van der Waals surface area contributed by atoms with Gasteiger partial charge >= 0.3 is 0 Å². The number of hydrogen-bond donors (Lipinski definition) is 2. The highest BCUT2D eigenvalue weighted by Crippen LogP contribution is 2.17. The number of methoxy groups -OCH3 is 1. The van der Waals surface area contributed by atoms with E-state index in [0.717, 1.165) is 0 Å². The third-order valence-electron chi connectivity index (χ3n) is 1.19. The summed E-state index contributed by atoms with van der Waals surface area (Å²) < 4.78 is 4.89. The Morgan fingerprint density at radius 3 is 2.58 bits per heavy atom. The fourth-order valence-electron chi connectivity index (χ4n) is 0.750. The van der Waals surface area contributed by atoms with Gasteiger partial charge in [-0.15, -0.1) is 11.8 Å². The topological polar surface area (TPSA) is 64.3 Å². The van der Waals surface area contributed by atoms with Crippen molar-refractivity contribution in [2.75, 3.05) is 13.7 Å². The maximum Gasteiger partial charge on any atom is 0.249 e. The van der Waals surface area contributed by atoms with Crippen LogP contribution in [0.5, 0.6) is 0 Å². The summed E-state index contributed by atoms with van der Waals surface area (Å²) in [6.45, 7) is 4.44. The molecule has 0 spiro atoms. The molecule has 1 amide bonds. The SMILES string of the molecule is COCC(SC(C)C)C(=O)NN. The van der Waals surface area contributed by atoms with E-state index < -0.39 is 0 Å². The molecule has 0 aromatic heterocycles. The Morgan fingerprint density at radius 1 is 1.67 bits per heavy atom. The largest absolute Gasteiger partial charge is 0.383 e. The van der Waals surface area contributed by atoms with Crippen LogP contribution in [0.15, 0.2) is 0 Å². The van der Waals surface area contributed by atoms with E-state index in [0.29, 0.717) is 11.9 Å². The van der Waals surface area contributed by atoms with Crippen molar-refractivity contribution in [3.63, 3.8) is 0 Å². The minimum atomic E-state index is -0.208. The molecule has 0 radical (unpaired) electrons. The Balaban J connectivity index is 3.94. The van der Waals surface area contributed by atoms with Crippen molar-refractivity contribution in [3.8, 4) is 0 Å². The molecular weight excluding hydrogens is 176 g/mol. The molecule has 0 saturated heterocycles. The van der Waals surface area contributed by atoms with Gasteiger partial charge in [0, 0.05) is 7.11 Å². The molecule has 0 aliphatic heterocycles. The maximum atomic E-state index is 11.1. The smallest absolute Gasteiger partial charge is 0.249 e. The molecule has 0 bridgehead atoms. The lowest BCUT2D eigenvalue weighted by Crippen LogP contribution is -2.40. The highest BCUT2D eigenvalue weighted by Gasteiger charge is 2.18. The Morgan fingerprint density at radius 2 is 2.25 bits per heavy atom. The van der Waals surface area contributed by atoms with Crippen LogP contribution in [0.25, 0.3) is 0 Å². The second-order valence-electron chi connectivity index (χ2n) is 2.64. The molecule has 0 aliphatic rings. The van der Waals surface area contributed by atoms with E-state index in [1.807, 2.05) is 13.8 Å². The number of thioether (sulfide) groups is 1. The standard InChI is InChI=1S/C7H16N2O2S/c1-5(2)12-6(4-11-3)7(10)9-8/h5-6H,4,8H2,1-3H3,(H,9,10). The zero-order valence-corrected chi connectivity index (χ0v) is 8.48. The summed E-state index contributed by atoms with van der Waals surface area (Å²) in [6.07, 6.45) is 0. The first-order chi connectivity index (χ1) is 5.61. The predicted molar refractivity (Wildman–Crippen MR) is 50.7 cm³/mol. The molecule has 0 rings (SSSR count). The Hall–Kier alpha value is -0.260. The molecule has 3 N–H and O–H groups in total. The van der Waals surface area contributed by atoms with Gasteiger partial charge in [0.2, 0.25) is 5.91 Å². The summed E-state index contributed by atoms with van der Waals surface area (Å²) >= 11 is 1.54. The first-order valence-electron chi connectivity index (χ1n) is 3.76. The van der Waals surface area contributed by atoms with Gasteiger partial charge in [-0.25, -0.2) is 5.84 Å². The number of hydrogen-bond acceptors (Lipinski definition) is 4. The highest BCUT2D eigenvalue weighted by molar-refractivity contribution is 8.01. The molecule has 1 unspecified atom stereocenters. The summed E-state index contributed by atoms with van der Waals surface area (Å²) in [5.41, 5.74) is 2.12. The molecule has 0 aromatic rings. The average Bonchev–Trinajstić information content (AvgIpc) is 2.01. The minimum absolute atomic E-state index is 0.185. The number of amides is 1. The Kier molecular flexibility index (Phi) is 6.14. The first-order valence-corrected chi connectivity index (χ1v) is 4.71. The van der Waals surface area contributed by atoms with Gasteiger partial charge in [-0.3, -0.25) is 10.2 Å². The molecule has 0 aliphatic carbocycles. The van der Waals surface area contributed by atoms with Crippen LogP contribution in [-0.2, 0) is 9.53 Å². The van der Waals surface area contributed by atoms with E-state index >= 15 is 0 Å². The van der Waals surface area contributed by atoms with Crippen molar-refractivity contribution < 1.29 is 9.53 Å². The van der Waals surface area contributed by atoms with E-state index in [4.69, 9.17) is 10.6 Å². The van der Waals surface area contributed by atoms with Gasteiger partial charge in [-0.2, -0.15) is 0 Å². The van der Waals surface area contributed by atoms with Crippen LogP contribution in [0.2, 0.25) is 0 Å². The summed E-state index contributed by atoms with van der Waals surface area (Å²) in [4.78, 5) is 11.1. The zero-order valence-electron chi connectivity index (χ0n) is 7.66. The molecule has 0 aromatic carbocycles. The molecule has 12 heavy (non-hydrogen) atoms.